The molecule has 1 atom stereocenters. The largest absolute Gasteiger partial charge is 0.491 e. The van der Waals surface area contributed by atoms with Gasteiger partial charge >= 0.3 is 0 Å². The second-order valence-corrected chi connectivity index (χ2v) is 5.59. The molecule has 1 heterocycles. The van der Waals surface area contributed by atoms with Crippen molar-refractivity contribution >= 4 is 10.9 Å². The Morgan fingerprint density at radius 3 is 2.74 bits per heavy atom. The Morgan fingerprint density at radius 2 is 1.87 bits per heavy atom. The van der Waals surface area contributed by atoms with Crippen molar-refractivity contribution in [1.82, 2.24) is 4.57 Å². The third kappa shape index (κ3) is 3.63. The van der Waals surface area contributed by atoms with E-state index in [1.54, 1.807) is 0 Å². The highest BCUT2D eigenvalue weighted by Crippen LogP contribution is 2.20. The highest BCUT2D eigenvalue weighted by molar-refractivity contribution is 5.79. The first-order valence-corrected chi connectivity index (χ1v) is 7.81. The fourth-order valence-electron chi connectivity index (χ4n) is 2.73. The Balaban J connectivity index is 1.64. The molecule has 0 fully saturated rings. The van der Waals surface area contributed by atoms with Crippen molar-refractivity contribution in [2.45, 2.75) is 19.1 Å². The molecule has 0 amide bonds. The Kier molecular flexibility index (Phi) is 4.79. The lowest BCUT2D eigenvalue weighted by atomic mass is 10.1. The molecule has 3 rings (SSSR count). The van der Waals surface area contributed by atoms with E-state index in [1.165, 1.54) is 5.39 Å². The number of aromatic nitrogens is 1. The van der Waals surface area contributed by atoms with Crippen LogP contribution in [0.5, 0.6) is 5.75 Å². The average molecular weight is 307 g/mol. The van der Waals surface area contributed by atoms with Crippen LogP contribution in [0.25, 0.3) is 10.9 Å². The number of aliphatic hydroxyl groups excluding tert-OH is 1. The number of hydrogen-bond acceptors (Lipinski definition) is 2. The molecule has 0 aliphatic carbocycles. The van der Waals surface area contributed by atoms with E-state index in [0.29, 0.717) is 6.54 Å². The molecule has 0 radical (unpaired) electrons. The van der Waals surface area contributed by atoms with Gasteiger partial charge < -0.3 is 14.4 Å². The minimum atomic E-state index is -0.567. The average Bonchev–Trinajstić information content (AvgIpc) is 2.98. The van der Waals surface area contributed by atoms with Crippen molar-refractivity contribution in [2.75, 3.05) is 6.61 Å². The molecular weight excluding hydrogens is 286 g/mol. The molecule has 1 N–H and O–H groups in total. The maximum absolute atomic E-state index is 10.3. The third-order valence-corrected chi connectivity index (χ3v) is 3.86. The summed E-state index contributed by atoms with van der Waals surface area (Å²) in [5.74, 6) is 0.809. The molecule has 23 heavy (non-hydrogen) atoms. The van der Waals surface area contributed by atoms with Gasteiger partial charge in [-0.2, -0.15) is 0 Å². The predicted octanol–water partition coefficient (Wildman–Crippen LogP) is 3.81. The van der Waals surface area contributed by atoms with Crippen LogP contribution in [0, 0.1) is 0 Å². The molecule has 0 spiro atoms. The number of ether oxygens (including phenoxy) is 1. The summed E-state index contributed by atoms with van der Waals surface area (Å²) in [5.41, 5.74) is 2.21. The third-order valence-electron chi connectivity index (χ3n) is 3.86. The number of nitrogens with zero attached hydrogens (tertiary/aromatic N) is 1. The van der Waals surface area contributed by atoms with Gasteiger partial charge in [-0.05, 0) is 35.6 Å². The van der Waals surface area contributed by atoms with E-state index in [1.807, 2.05) is 48.7 Å². The van der Waals surface area contributed by atoms with Crippen LogP contribution < -0.4 is 4.74 Å². The lowest BCUT2D eigenvalue weighted by Gasteiger charge is -2.15. The molecule has 0 saturated heterocycles. The Hall–Kier alpha value is -2.52. The number of para-hydroxylation sites is 2. The maximum Gasteiger partial charge on any atom is 0.122 e. The topological polar surface area (TPSA) is 34.4 Å². The molecular formula is C20H21NO2. The van der Waals surface area contributed by atoms with Gasteiger partial charge in [0.15, 0.2) is 0 Å². The van der Waals surface area contributed by atoms with Crippen LogP contribution >= 0.6 is 0 Å². The van der Waals surface area contributed by atoms with Crippen LogP contribution in [0.15, 0.2) is 73.4 Å². The smallest absolute Gasteiger partial charge is 0.122 e. The molecule has 3 heteroatoms. The van der Waals surface area contributed by atoms with Crippen LogP contribution in [-0.4, -0.2) is 22.4 Å². The van der Waals surface area contributed by atoms with Gasteiger partial charge in [-0.3, -0.25) is 0 Å². The number of rotatable bonds is 7. The van der Waals surface area contributed by atoms with Crippen molar-refractivity contribution in [3.05, 3.63) is 79.0 Å². The SMILES string of the molecule is C=CCc1ccccc1OCC(O)Cn1ccc2ccccc21. The van der Waals surface area contributed by atoms with Crippen LogP contribution in [0.2, 0.25) is 0 Å². The first-order chi connectivity index (χ1) is 11.3. The van der Waals surface area contributed by atoms with Crippen LogP contribution in [0.4, 0.5) is 0 Å². The molecule has 3 aromatic rings. The predicted molar refractivity (Wildman–Crippen MR) is 93.8 cm³/mol. The molecule has 2 aromatic carbocycles. The van der Waals surface area contributed by atoms with Gasteiger partial charge in [0.05, 0.1) is 6.54 Å². The number of fused-ring (bicyclic) bond motifs is 1. The fourth-order valence-corrected chi connectivity index (χ4v) is 2.73. The zero-order chi connectivity index (χ0) is 16.1. The standard InChI is InChI=1S/C20H21NO2/c1-2-7-17-9-4-6-11-20(17)23-15-18(22)14-21-13-12-16-8-3-5-10-19(16)21/h2-6,8-13,18,22H,1,7,14-15H2. The summed E-state index contributed by atoms with van der Waals surface area (Å²) >= 11 is 0. The lowest BCUT2D eigenvalue weighted by Crippen LogP contribution is -2.23. The van der Waals surface area contributed by atoms with Gasteiger partial charge in [-0.25, -0.2) is 0 Å². The van der Waals surface area contributed by atoms with Crippen LogP contribution in [-0.2, 0) is 13.0 Å². The van der Waals surface area contributed by atoms with E-state index in [4.69, 9.17) is 4.74 Å². The zero-order valence-electron chi connectivity index (χ0n) is 13.1. The van der Waals surface area contributed by atoms with Gasteiger partial charge in [0.2, 0.25) is 0 Å². The van der Waals surface area contributed by atoms with Crippen molar-refractivity contribution in [2.24, 2.45) is 0 Å². The fraction of sp³-hybridized carbons (Fsp3) is 0.200. The monoisotopic (exact) mass is 307 g/mol. The molecule has 1 aromatic heterocycles. The number of benzene rings is 2. The highest BCUT2D eigenvalue weighted by atomic mass is 16.5. The summed E-state index contributed by atoms with van der Waals surface area (Å²) in [6, 6.07) is 18.1. The summed E-state index contributed by atoms with van der Waals surface area (Å²) in [7, 11) is 0. The van der Waals surface area contributed by atoms with Crippen molar-refractivity contribution in [3.8, 4) is 5.75 Å². The molecule has 0 saturated carbocycles. The highest BCUT2D eigenvalue weighted by Gasteiger charge is 2.10. The van der Waals surface area contributed by atoms with Gasteiger partial charge in [0, 0.05) is 11.7 Å². The Bertz CT molecular complexity index is 791. The summed E-state index contributed by atoms with van der Waals surface area (Å²) in [6.45, 7) is 4.54. The Morgan fingerprint density at radius 1 is 1.09 bits per heavy atom. The van der Waals surface area contributed by atoms with Gasteiger partial charge in [-0.1, -0.05) is 42.5 Å². The first-order valence-electron chi connectivity index (χ1n) is 7.81. The maximum atomic E-state index is 10.3. The van der Waals surface area contributed by atoms with Gasteiger partial charge in [0.1, 0.15) is 18.5 Å². The minimum absolute atomic E-state index is 0.265. The second kappa shape index (κ2) is 7.16. The summed E-state index contributed by atoms with van der Waals surface area (Å²) < 4.78 is 7.86. The van der Waals surface area contributed by atoms with Gasteiger partial charge in [-0.15, -0.1) is 6.58 Å². The minimum Gasteiger partial charge on any atom is -0.491 e. The van der Waals surface area contributed by atoms with Crippen molar-refractivity contribution in [3.63, 3.8) is 0 Å². The molecule has 1 unspecified atom stereocenters. The number of allylic oxidation sites excluding steroid dienone is 1. The normalized spacial score (nSPS) is 12.2. The van der Waals surface area contributed by atoms with Crippen LogP contribution in [0.3, 0.4) is 0 Å². The summed E-state index contributed by atoms with van der Waals surface area (Å²) in [4.78, 5) is 0. The summed E-state index contributed by atoms with van der Waals surface area (Å²) in [5, 5.41) is 11.5. The molecule has 118 valence electrons. The van der Waals surface area contributed by atoms with E-state index < -0.39 is 6.10 Å². The lowest BCUT2D eigenvalue weighted by molar-refractivity contribution is 0.0931. The molecule has 0 bridgehead atoms. The van der Waals surface area contributed by atoms with Gasteiger partial charge in [0.25, 0.3) is 0 Å². The van der Waals surface area contributed by atoms with Crippen molar-refractivity contribution < 1.29 is 9.84 Å². The first kappa shape index (κ1) is 15.4. The quantitative estimate of drug-likeness (QED) is 0.674. The van der Waals surface area contributed by atoms with Crippen LogP contribution in [0.1, 0.15) is 5.56 Å². The second-order valence-electron chi connectivity index (χ2n) is 5.59. The number of hydrogen-bond donors (Lipinski definition) is 1. The van der Waals surface area contributed by atoms with E-state index in [-0.39, 0.29) is 6.61 Å². The zero-order valence-corrected chi connectivity index (χ0v) is 13.1. The van der Waals surface area contributed by atoms with E-state index in [0.717, 1.165) is 23.3 Å². The van der Waals surface area contributed by atoms with E-state index in [9.17, 15) is 5.11 Å². The number of aliphatic hydroxyl groups is 1. The molecule has 3 nitrogen and oxygen atoms in total. The Labute approximate surface area is 136 Å². The molecule has 0 aliphatic heterocycles. The van der Waals surface area contributed by atoms with E-state index >= 15 is 0 Å². The van der Waals surface area contributed by atoms with Crippen molar-refractivity contribution in [1.29, 1.82) is 0 Å². The van der Waals surface area contributed by atoms with E-state index in [2.05, 4.69) is 29.3 Å². The molecule has 0 aliphatic rings. The summed E-state index contributed by atoms with van der Waals surface area (Å²) in [6.07, 6.45) is 4.04.